The lowest BCUT2D eigenvalue weighted by Gasteiger charge is -2.31. The molecule has 0 saturated carbocycles. The van der Waals surface area contributed by atoms with E-state index >= 15 is 0 Å². The second kappa shape index (κ2) is 4.45. The topological polar surface area (TPSA) is 66.8 Å². The predicted octanol–water partition coefficient (Wildman–Crippen LogP) is 1.47. The molecule has 0 radical (unpaired) electrons. The van der Waals surface area contributed by atoms with Gasteiger partial charge in [-0.1, -0.05) is 30.0 Å². The molecule has 2 rings (SSSR count). The first kappa shape index (κ1) is 11.4. The molecule has 16 heavy (non-hydrogen) atoms. The summed E-state index contributed by atoms with van der Waals surface area (Å²) in [4.78, 5) is 11.3. The van der Waals surface area contributed by atoms with Crippen LogP contribution in [-0.2, 0) is 16.0 Å². The van der Waals surface area contributed by atoms with Crippen molar-refractivity contribution in [3.05, 3.63) is 29.8 Å². The first-order valence-electron chi connectivity index (χ1n) is 4.94. The van der Waals surface area contributed by atoms with Gasteiger partial charge in [0.25, 0.3) is 0 Å². The van der Waals surface area contributed by atoms with Crippen LogP contribution in [0.5, 0.6) is 0 Å². The molecule has 0 spiro atoms. The number of carboxylic acid groups (broad SMARTS) is 1. The van der Waals surface area contributed by atoms with Crippen LogP contribution >= 0.6 is 11.8 Å². The minimum Gasteiger partial charge on any atom is -0.480 e. The Hall–Kier alpha value is -1.04. The highest BCUT2D eigenvalue weighted by molar-refractivity contribution is 8.00. The van der Waals surface area contributed by atoms with E-state index in [2.05, 4.69) is 0 Å². The average molecular weight is 240 g/mol. The fourth-order valence-corrected chi connectivity index (χ4v) is 2.71. The van der Waals surface area contributed by atoms with Gasteiger partial charge in [0.15, 0.2) is 0 Å². The summed E-state index contributed by atoms with van der Waals surface area (Å²) in [6.45, 7) is -0.480. The summed E-state index contributed by atoms with van der Waals surface area (Å²) in [5, 5.41) is 17.1. The number of aliphatic carboxylic acids is 1. The van der Waals surface area contributed by atoms with Crippen LogP contribution in [-0.4, -0.2) is 27.9 Å². The maximum absolute atomic E-state index is 10.4. The largest absolute Gasteiger partial charge is 0.480 e. The van der Waals surface area contributed by atoms with Crippen LogP contribution in [0.1, 0.15) is 12.0 Å². The molecule has 1 aliphatic heterocycles. The van der Waals surface area contributed by atoms with E-state index in [1.807, 2.05) is 24.3 Å². The number of ether oxygens (including phenoxy) is 1. The third-order valence-electron chi connectivity index (χ3n) is 2.37. The van der Waals surface area contributed by atoms with Crippen molar-refractivity contribution in [3.63, 3.8) is 0 Å². The standard InChI is InChI=1S/C11H12O4S/c12-10(13)7-15-11(14)6-5-8-3-1-2-4-9(8)16-11/h1-4,14H,5-7H2,(H,12,13). The van der Waals surface area contributed by atoms with Gasteiger partial charge in [-0.15, -0.1) is 0 Å². The summed E-state index contributed by atoms with van der Waals surface area (Å²) in [7, 11) is 0. The highest BCUT2D eigenvalue weighted by Crippen LogP contribution is 2.42. The Morgan fingerprint density at radius 3 is 3.00 bits per heavy atom. The molecule has 1 heterocycles. The van der Waals surface area contributed by atoms with E-state index in [9.17, 15) is 9.90 Å². The van der Waals surface area contributed by atoms with Crippen LogP contribution in [0.2, 0.25) is 0 Å². The van der Waals surface area contributed by atoms with Crippen molar-refractivity contribution in [2.24, 2.45) is 0 Å². The van der Waals surface area contributed by atoms with Crippen molar-refractivity contribution in [1.82, 2.24) is 0 Å². The summed E-state index contributed by atoms with van der Waals surface area (Å²) >= 11 is 1.17. The van der Waals surface area contributed by atoms with Crippen LogP contribution in [0.25, 0.3) is 0 Å². The maximum Gasteiger partial charge on any atom is 0.329 e. The van der Waals surface area contributed by atoms with Crippen molar-refractivity contribution < 1.29 is 19.7 Å². The van der Waals surface area contributed by atoms with Gasteiger partial charge in [-0.05, 0) is 18.1 Å². The van der Waals surface area contributed by atoms with Crippen LogP contribution in [0.3, 0.4) is 0 Å². The summed E-state index contributed by atoms with van der Waals surface area (Å²) in [5.74, 6) is -1.08. The quantitative estimate of drug-likeness (QED) is 0.783. The second-order valence-corrected chi connectivity index (χ2v) is 4.89. The van der Waals surface area contributed by atoms with Gasteiger partial charge >= 0.3 is 5.97 Å². The number of carbonyl (C=O) groups is 1. The minimum atomic E-state index is -1.41. The second-order valence-electron chi connectivity index (χ2n) is 3.60. The number of aryl methyl sites for hydroxylation is 1. The van der Waals surface area contributed by atoms with E-state index < -0.39 is 17.7 Å². The number of carboxylic acids is 1. The Labute approximate surface area is 97.2 Å². The molecule has 0 amide bonds. The Morgan fingerprint density at radius 1 is 1.50 bits per heavy atom. The zero-order valence-electron chi connectivity index (χ0n) is 8.55. The molecule has 1 aliphatic rings. The lowest BCUT2D eigenvalue weighted by atomic mass is 10.1. The van der Waals surface area contributed by atoms with Gasteiger partial charge in [0.1, 0.15) is 6.61 Å². The lowest BCUT2D eigenvalue weighted by Crippen LogP contribution is -2.33. The Balaban J connectivity index is 2.08. The van der Waals surface area contributed by atoms with Crippen molar-refractivity contribution in [1.29, 1.82) is 0 Å². The molecule has 0 fully saturated rings. The van der Waals surface area contributed by atoms with Crippen molar-refractivity contribution in [2.75, 3.05) is 6.61 Å². The first-order valence-corrected chi connectivity index (χ1v) is 5.76. The van der Waals surface area contributed by atoms with Crippen molar-refractivity contribution in [2.45, 2.75) is 22.9 Å². The highest BCUT2D eigenvalue weighted by atomic mass is 32.2. The van der Waals surface area contributed by atoms with Crippen LogP contribution in [0.4, 0.5) is 0 Å². The molecule has 0 saturated heterocycles. The van der Waals surface area contributed by atoms with Crippen molar-refractivity contribution in [3.8, 4) is 0 Å². The number of fused-ring (bicyclic) bond motifs is 1. The Morgan fingerprint density at radius 2 is 2.25 bits per heavy atom. The monoisotopic (exact) mass is 240 g/mol. The molecule has 0 aliphatic carbocycles. The Kier molecular flexibility index (Phi) is 3.18. The van der Waals surface area contributed by atoms with Gasteiger partial charge in [-0.2, -0.15) is 0 Å². The van der Waals surface area contributed by atoms with E-state index in [0.29, 0.717) is 12.8 Å². The summed E-state index contributed by atoms with van der Waals surface area (Å²) in [6, 6.07) is 7.73. The summed E-state index contributed by atoms with van der Waals surface area (Å²) in [5.41, 5.74) is 1.16. The Bertz CT molecular complexity index is 407. The van der Waals surface area contributed by atoms with E-state index in [1.165, 1.54) is 11.8 Å². The predicted molar refractivity (Wildman–Crippen MR) is 59.2 cm³/mol. The molecule has 1 atom stereocenters. The van der Waals surface area contributed by atoms with Gasteiger partial charge < -0.3 is 14.9 Å². The zero-order chi connectivity index (χ0) is 11.6. The average Bonchev–Trinajstić information content (AvgIpc) is 2.26. The number of benzene rings is 1. The van der Waals surface area contributed by atoms with E-state index in [-0.39, 0.29) is 0 Å². The van der Waals surface area contributed by atoms with E-state index in [0.717, 1.165) is 10.5 Å². The molecule has 4 nitrogen and oxygen atoms in total. The molecule has 5 heteroatoms. The van der Waals surface area contributed by atoms with Gasteiger partial charge in [0.2, 0.25) is 5.12 Å². The van der Waals surface area contributed by atoms with Gasteiger partial charge in [0.05, 0.1) is 0 Å². The molecule has 0 aromatic heterocycles. The van der Waals surface area contributed by atoms with Crippen molar-refractivity contribution >= 4 is 17.7 Å². The molecular formula is C11H12O4S. The molecule has 0 bridgehead atoms. The summed E-state index contributed by atoms with van der Waals surface area (Å²) in [6.07, 6.45) is 1.10. The molecule has 1 unspecified atom stereocenters. The highest BCUT2D eigenvalue weighted by Gasteiger charge is 2.34. The van der Waals surface area contributed by atoms with E-state index in [1.54, 1.807) is 0 Å². The van der Waals surface area contributed by atoms with Gasteiger partial charge in [-0.25, -0.2) is 4.79 Å². The lowest BCUT2D eigenvalue weighted by molar-refractivity contribution is -0.167. The fraction of sp³-hybridized carbons (Fsp3) is 0.364. The smallest absolute Gasteiger partial charge is 0.329 e. The fourth-order valence-electron chi connectivity index (χ4n) is 1.60. The number of thioether (sulfide) groups is 1. The first-order chi connectivity index (χ1) is 7.59. The van der Waals surface area contributed by atoms with Gasteiger partial charge in [-0.3, -0.25) is 0 Å². The molecule has 1 aromatic rings. The van der Waals surface area contributed by atoms with E-state index in [4.69, 9.17) is 9.84 Å². The van der Waals surface area contributed by atoms with Crippen LogP contribution < -0.4 is 0 Å². The van der Waals surface area contributed by atoms with Gasteiger partial charge in [0, 0.05) is 11.3 Å². The number of hydrogen-bond donors (Lipinski definition) is 2. The minimum absolute atomic E-state index is 0.405. The third-order valence-corrected chi connectivity index (χ3v) is 3.63. The van der Waals surface area contributed by atoms with Crippen LogP contribution in [0, 0.1) is 0 Å². The number of aliphatic hydroxyl groups is 1. The SMILES string of the molecule is O=C(O)COC1(O)CCc2ccccc2S1. The number of rotatable bonds is 3. The molecule has 2 N–H and O–H groups in total. The van der Waals surface area contributed by atoms with Crippen LogP contribution in [0.15, 0.2) is 29.2 Å². The molecular weight excluding hydrogens is 228 g/mol. The molecule has 86 valence electrons. The number of hydrogen-bond acceptors (Lipinski definition) is 4. The third kappa shape index (κ3) is 2.55. The summed E-state index contributed by atoms with van der Waals surface area (Å²) < 4.78 is 5.01. The molecule has 1 aromatic carbocycles. The normalized spacial score (nSPS) is 23.8. The zero-order valence-corrected chi connectivity index (χ0v) is 9.37. The maximum atomic E-state index is 10.4.